The Kier molecular flexibility index (Phi) is 6.47. The smallest absolute Gasteiger partial charge is 0.230 e. The molecule has 0 radical (unpaired) electrons. The second-order valence-corrected chi connectivity index (χ2v) is 7.32. The molecule has 1 amide bonds. The molecule has 1 saturated heterocycles. The van der Waals surface area contributed by atoms with Crippen molar-refractivity contribution in [3.05, 3.63) is 41.7 Å². The molecule has 134 valence electrons. The standard InChI is InChI=1S/C18H25N5OS/c1-2-6-16-20-18(22-21-16)25-13-17(24)19-15-9-10-23(12-15)11-14-7-4-3-5-8-14/h3-5,7-8,15H,2,6,9-13H2,1H3,(H,19,24)(H,20,21,22). The predicted octanol–water partition coefficient (Wildman–Crippen LogP) is 2.24. The number of nitrogens with zero attached hydrogens (tertiary/aromatic N) is 3. The quantitative estimate of drug-likeness (QED) is 0.707. The van der Waals surface area contributed by atoms with E-state index in [1.54, 1.807) is 0 Å². The number of H-pyrrole nitrogens is 1. The van der Waals surface area contributed by atoms with E-state index in [1.807, 2.05) is 6.07 Å². The van der Waals surface area contributed by atoms with Gasteiger partial charge in [-0.3, -0.25) is 14.8 Å². The predicted molar refractivity (Wildman–Crippen MR) is 99.4 cm³/mol. The number of likely N-dealkylation sites (tertiary alicyclic amines) is 1. The van der Waals surface area contributed by atoms with Gasteiger partial charge in [-0.1, -0.05) is 49.0 Å². The largest absolute Gasteiger partial charge is 0.351 e. The van der Waals surface area contributed by atoms with Crippen LogP contribution in [0, 0.1) is 0 Å². The maximum absolute atomic E-state index is 12.2. The molecule has 25 heavy (non-hydrogen) atoms. The van der Waals surface area contributed by atoms with Crippen LogP contribution in [0.2, 0.25) is 0 Å². The van der Waals surface area contributed by atoms with Crippen LogP contribution in [-0.4, -0.2) is 50.9 Å². The number of aromatic amines is 1. The number of aryl methyl sites for hydroxylation is 1. The molecular weight excluding hydrogens is 334 g/mol. The summed E-state index contributed by atoms with van der Waals surface area (Å²) in [5.74, 6) is 1.30. The molecule has 1 aliphatic heterocycles. The molecule has 3 rings (SSSR count). The lowest BCUT2D eigenvalue weighted by molar-refractivity contribution is -0.119. The van der Waals surface area contributed by atoms with E-state index < -0.39 is 0 Å². The van der Waals surface area contributed by atoms with E-state index in [0.29, 0.717) is 10.9 Å². The normalized spacial score (nSPS) is 17.7. The number of carbonyl (C=O) groups excluding carboxylic acids is 1. The fourth-order valence-electron chi connectivity index (χ4n) is 3.03. The lowest BCUT2D eigenvalue weighted by Gasteiger charge is -2.16. The van der Waals surface area contributed by atoms with Crippen LogP contribution in [0.3, 0.4) is 0 Å². The molecule has 1 unspecified atom stereocenters. The Morgan fingerprint density at radius 2 is 2.24 bits per heavy atom. The van der Waals surface area contributed by atoms with E-state index in [2.05, 4.69) is 56.6 Å². The third-order valence-corrected chi connectivity index (χ3v) is 5.06. The van der Waals surface area contributed by atoms with Crippen LogP contribution < -0.4 is 5.32 Å². The van der Waals surface area contributed by atoms with Crippen LogP contribution in [0.5, 0.6) is 0 Å². The summed E-state index contributed by atoms with van der Waals surface area (Å²) in [6.07, 6.45) is 2.92. The minimum absolute atomic E-state index is 0.0541. The molecule has 0 bridgehead atoms. The number of rotatable bonds is 8. The van der Waals surface area contributed by atoms with Crippen LogP contribution >= 0.6 is 11.8 Å². The molecule has 2 aromatic rings. The Morgan fingerprint density at radius 1 is 1.40 bits per heavy atom. The summed E-state index contributed by atoms with van der Waals surface area (Å²) in [7, 11) is 0. The number of hydrogen-bond acceptors (Lipinski definition) is 5. The topological polar surface area (TPSA) is 73.9 Å². The van der Waals surface area contributed by atoms with Crippen LogP contribution in [0.1, 0.15) is 31.2 Å². The summed E-state index contributed by atoms with van der Waals surface area (Å²) >= 11 is 1.38. The van der Waals surface area contributed by atoms with Crippen molar-refractivity contribution in [3.63, 3.8) is 0 Å². The van der Waals surface area contributed by atoms with Crippen molar-refractivity contribution in [1.82, 2.24) is 25.4 Å². The highest BCUT2D eigenvalue weighted by atomic mass is 32.2. The van der Waals surface area contributed by atoms with Gasteiger partial charge >= 0.3 is 0 Å². The molecule has 2 heterocycles. The maximum Gasteiger partial charge on any atom is 0.230 e. The molecule has 1 aromatic heterocycles. The maximum atomic E-state index is 12.2. The number of aromatic nitrogens is 3. The third-order valence-electron chi connectivity index (χ3n) is 4.22. The molecule has 1 atom stereocenters. The Bertz CT molecular complexity index is 675. The molecule has 0 saturated carbocycles. The van der Waals surface area contributed by atoms with E-state index in [9.17, 15) is 4.79 Å². The second kappa shape index (κ2) is 9.01. The molecule has 1 aliphatic rings. The summed E-state index contributed by atoms with van der Waals surface area (Å²) < 4.78 is 0. The molecule has 7 heteroatoms. The number of benzene rings is 1. The van der Waals surface area contributed by atoms with Crippen molar-refractivity contribution >= 4 is 17.7 Å². The minimum atomic E-state index is 0.0541. The first-order valence-corrected chi connectivity index (χ1v) is 9.81. The zero-order chi connectivity index (χ0) is 17.5. The van der Waals surface area contributed by atoms with Crippen molar-refractivity contribution in [3.8, 4) is 0 Å². The van der Waals surface area contributed by atoms with Gasteiger partial charge in [0.2, 0.25) is 11.1 Å². The number of thioether (sulfide) groups is 1. The van der Waals surface area contributed by atoms with Gasteiger partial charge in [-0.2, -0.15) is 0 Å². The van der Waals surface area contributed by atoms with Crippen LogP contribution in [0.25, 0.3) is 0 Å². The molecule has 1 fully saturated rings. The van der Waals surface area contributed by atoms with Gasteiger partial charge < -0.3 is 5.32 Å². The SMILES string of the molecule is CCCc1nc(SCC(=O)NC2CCN(Cc3ccccc3)C2)n[nH]1. The molecular formula is C18H25N5OS. The fourth-order valence-corrected chi connectivity index (χ4v) is 3.65. The van der Waals surface area contributed by atoms with Gasteiger partial charge in [0.25, 0.3) is 0 Å². The summed E-state index contributed by atoms with van der Waals surface area (Å²) in [4.78, 5) is 18.9. The van der Waals surface area contributed by atoms with Gasteiger partial charge in [-0.05, 0) is 18.4 Å². The van der Waals surface area contributed by atoms with Crippen molar-refractivity contribution in [2.24, 2.45) is 0 Å². The van der Waals surface area contributed by atoms with Gasteiger partial charge in [-0.25, -0.2) is 4.98 Å². The average Bonchev–Trinajstić information content (AvgIpc) is 3.24. The van der Waals surface area contributed by atoms with Gasteiger partial charge in [0.15, 0.2) is 0 Å². The average molecular weight is 359 g/mol. The Labute approximate surface area is 152 Å². The Balaban J connectivity index is 1.38. The highest BCUT2D eigenvalue weighted by Crippen LogP contribution is 2.15. The summed E-state index contributed by atoms with van der Waals surface area (Å²) in [6.45, 7) is 4.98. The van der Waals surface area contributed by atoms with E-state index in [4.69, 9.17) is 0 Å². The van der Waals surface area contributed by atoms with Crippen molar-refractivity contribution in [2.45, 2.75) is 43.9 Å². The number of carbonyl (C=O) groups is 1. The van der Waals surface area contributed by atoms with Gasteiger partial charge in [-0.15, -0.1) is 5.10 Å². The van der Waals surface area contributed by atoms with Gasteiger partial charge in [0.05, 0.1) is 5.75 Å². The van der Waals surface area contributed by atoms with E-state index in [0.717, 1.165) is 44.7 Å². The van der Waals surface area contributed by atoms with E-state index in [-0.39, 0.29) is 11.9 Å². The third kappa shape index (κ3) is 5.57. The lowest BCUT2D eigenvalue weighted by Crippen LogP contribution is -2.38. The highest BCUT2D eigenvalue weighted by Gasteiger charge is 2.23. The van der Waals surface area contributed by atoms with Crippen LogP contribution in [0.15, 0.2) is 35.5 Å². The first kappa shape index (κ1) is 17.9. The van der Waals surface area contributed by atoms with Crippen LogP contribution in [-0.2, 0) is 17.8 Å². The van der Waals surface area contributed by atoms with Gasteiger partial charge in [0, 0.05) is 32.1 Å². The zero-order valence-corrected chi connectivity index (χ0v) is 15.4. The minimum Gasteiger partial charge on any atom is -0.351 e. The fraction of sp³-hybridized carbons (Fsp3) is 0.500. The first-order chi connectivity index (χ1) is 12.2. The van der Waals surface area contributed by atoms with Crippen LogP contribution in [0.4, 0.5) is 0 Å². The Morgan fingerprint density at radius 3 is 3.04 bits per heavy atom. The summed E-state index contributed by atoms with van der Waals surface area (Å²) in [6, 6.07) is 10.7. The van der Waals surface area contributed by atoms with E-state index in [1.165, 1.54) is 17.3 Å². The summed E-state index contributed by atoms with van der Waals surface area (Å²) in [5, 5.41) is 10.8. The molecule has 2 N–H and O–H groups in total. The monoisotopic (exact) mass is 359 g/mol. The van der Waals surface area contributed by atoms with Gasteiger partial charge in [0.1, 0.15) is 5.82 Å². The molecule has 0 aliphatic carbocycles. The molecule has 6 nitrogen and oxygen atoms in total. The number of nitrogens with one attached hydrogen (secondary N) is 2. The zero-order valence-electron chi connectivity index (χ0n) is 14.6. The first-order valence-electron chi connectivity index (χ1n) is 8.82. The van der Waals surface area contributed by atoms with Crippen molar-refractivity contribution in [2.75, 3.05) is 18.8 Å². The second-order valence-electron chi connectivity index (χ2n) is 6.38. The van der Waals surface area contributed by atoms with E-state index >= 15 is 0 Å². The summed E-state index contributed by atoms with van der Waals surface area (Å²) in [5.41, 5.74) is 1.32. The highest BCUT2D eigenvalue weighted by molar-refractivity contribution is 7.99. The van der Waals surface area contributed by atoms with Crippen molar-refractivity contribution in [1.29, 1.82) is 0 Å². The molecule has 1 aromatic carbocycles. The molecule has 0 spiro atoms. The van der Waals surface area contributed by atoms with Crippen molar-refractivity contribution < 1.29 is 4.79 Å². The lowest BCUT2D eigenvalue weighted by atomic mass is 10.2. The Hall–Kier alpha value is -1.86. The number of hydrogen-bond donors (Lipinski definition) is 2. The number of amides is 1.